The van der Waals surface area contributed by atoms with Gasteiger partial charge in [-0.1, -0.05) is 23.2 Å². The molecule has 0 saturated heterocycles. The lowest BCUT2D eigenvalue weighted by Gasteiger charge is -2.13. The number of halogens is 5. The molecule has 0 aromatic heterocycles. The molecule has 0 heterocycles. The van der Waals surface area contributed by atoms with E-state index < -0.39 is 17.5 Å². The van der Waals surface area contributed by atoms with Gasteiger partial charge in [0.25, 0.3) is 0 Å². The molecule has 0 amide bonds. The fraction of sp³-hybridized carbons (Fsp3) is 0.118. The smallest absolute Gasteiger partial charge is 0.289 e. The number of carbonyl (C=O) groups is 1. The van der Waals surface area contributed by atoms with Crippen molar-refractivity contribution in [1.29, 1.82) is 0 Å². The molecule has 0 N–H and O–H groups in total. The van der Waals surface area contributed by atoms with E-state index in [4.69, 9.17) is 23.2 Å². The van der Waals surface area contributed by atoms with Crippen LogP contribution in [0.4, 0.5) is 13.2 Å². The number of thioether (sulfide) groups is 1. The van der Waals surface area contributed by atoms with Gasteiger partial charge >= 0.3 is 6.18 Å². The van der Waals surface area contributed by atoms with Crippen LogP contribution < -0.4 is 0 Å². The van der Waals surface area contributed by atoms with Crippen molar-refractivity contribution in [3.8, 4) is 0 Å². The zero-order valence-corrected chi connectivity index (χ0v) is 14.7. The van der Waals surface area contributed by atoms with Gasteiger partial charge in [0.15, 0.2) is 5.78 Å². The molecular formula is C17H11Cl2F3OS. The first-order valence-electron chi connectivity index (χ1n) is 6.64. The van der Waals surface area contributed by atoms with Crippen molar-refractivity contribution in [3.05, 3.63) is 69.7 Å². The van der Waals surface area contributed by atoms with Crippen molar-refractivity contribution in [1.82, 2.24) is 0 Å². The molecule has 0 fully saturated rings. The molecule has 0 aliphatic carbocycles. The van der Waals surface area contributed by atoms with Crippen LogP contribution in [0.15, 0.2) is 53.4 Å². The van der Waals surface area contributed by atoms with Crippen LogP contribution in [-0.2, 0) is 0 Å². The molecule has 2 rings (SSSR count). The Bertz CT molecular complexity index is 763. The van der Waals surface area contributed by atoms with Crippen molar-refractivity contribution in [3.63, 3.8) is 0 Å². The predicted molar refractivity (Wildman–Crippen MR) is 93.0 cm³/mol. The van der Waals surface area contributed by atoms with Gasteiger partial charge in [-0.15, -0.1) is 11.8 Å². The maximum atomic E-state index is 13.4. The van der Waals surface area contributed by atoms with E-state index in [0.717, 1.165) is 17.0 Å². The topological polar surface area (TPSA) is 17.1 Å². The summed E-state index contributed by atoms with van der Waals surface area (Å²) in [5, 5.41) is 0.119. The molecule has 7 heteroatoms. The summed E-state index contributed by atoms with van der Waals surface area (Å²) < 4.78 is 40.1. The van der Waals surface area contributed by atoms with E-state index >= 15 is 0 Å². The van der Waals surface area contributed by atoms with Crippen LogP contribution >= 0.6 is 35.0 Å². The van der Waals surface area contributed by atoms with Crippen molar-refractivity contribution in [2.45, 2.75) is 11.1 Å². The fourth-order valence-electron chi connectivity index (χ4n) is 2.01. The van der Waals surface area contributed by atoms with E-state index in [9.17, 15) is 18.0 Å². The van der Waals surface area contributed by atoms with Gasteiger partial charge in [0.05, 0.1) is 5.57 Å². The second-order valence-electron chi connectivity index (χ2n) is 4.81. The first kappa shape index (κ1) is 18.9. The fourth-order valence-corrected chi connectivity index (χ4v) is 2.94. The molecule has 0 bridgehead atoms. The highest BCUT2D eigenvalue weighted by Crippen LogP contribution is 2.36. The van der Waals surface area contributed by atoms with Crippen LogP contribution in [0.1, 0.15) is 15.9 Å². The lowest BCUT2D eigenvalue weighted by molar-refractivity contribution is -0.0689. The number of alkyl halides is 3. The summed E-state index contributed by atoms with van der Waals surface area (Å²) in [7, 11) is 0. The average molecular weight is 391 g/mol. The Balaban J connectivity index is 2.47. The Hall–Kier alpha value is -1.43. The van der Waals surface area contributed by atoms with Gasteiger partial charge in [0.1, 0.15) is 0 Å². The second kappa shape index (κ2) is 7.64. The van der Waals surface area contributed by atoms with Crippen molar-refractivity contribution >= 4 is 46.3 Å². The summed E-state index contributed by atoms with van der Waals surface area (Å²) in [5.41, 5.74) is -1.18. The Morgan fingerprint density at radius 2 is 1.54 bits per heavy atom. The standard InChI is InChI=1S/C17H11Cl2F3OS/c1-24-14-4-2-10(3-5-14)16(23)9-15(17(20,21)22)11-6-12(18)8-13(19)7-11/h2-9H,1H3/b15-9+. The van der Waals surface area contributed by atoms with Crippen molar-refractivity contribution in [2.24, 2.45) is 0 Å². The molecule has 0 atom stereocenters. The van der Waals surface area contributed by atoms with E-state index in [1.165, 1.54) is 30.0 Å². The third kappa shape index (κ3) is 4.79. The molecular weight excluding hydrogens is 380 g/mol. The Labute approximate surface area is 151 Å². The molecule has 126 valence electrons. The Morgan fingerprint density at radius 1 is 1.00 bits per heavy atom. The monoisotopic (exact) mass is 390 g/mol. The molecule has 24 heavy (non-hydrogen) atoms. The average Bonchev–Trinajstić information content (AvgIpc) is 2.50. The van der Waals surface area contributed by atoms with Crippen molar-refractivity contribution < 1.29 is 18.0 Å². The number of benzene rings is 2. The van der Waals surface area contributed by atoms with E-state index in [1.54, 1.807) is 12.1 Å². The van der Waals surface area contributed by atoms with Gasteiger partial charge in [0.2, 0.25) is 0 Å². The Kier molecular flexibility index (Phi) is 6.01. The summed E-state index contributed by atoms with van der Waals surface area (Å²) in [6.07, 6.45) is -2.29. The number of ketones is 1. The Morgan fingerprint density at radius 3 is 2.00 bits per heavy atom. The summed E-state index contributed by atoms with van der Waals surface area (Å²) in [6.45, 7) is 0. The highest BCUT2D eigenvalue weighted by atomic mass is 35.5. The SMILES string of the molecule is CSc1ccc(C(=O)/C=C(\c2cc(Cl)cc(Cl)c2)C(F)(F)F)cc1. The van der Waals surface area contributed by atoms with E-state index in [-0.39, 0.29) is 21.2 Å². The second-order valence-corrected chi connectivity index (χ2v) is 6.56. The normalized spacial score (nSPS) is 12.3. The zero-order chi connectivity index (χ0) is 17.9. The molecule has 2 aromatic carbocycles. The lowest BCUT2D eigenvalue weighted by atomic mass is 10.0. The number of rotatable bonds is 4. The van der Waals surface area contributed by atoms with Gasteiger partial charge < -0.3 is 0 Å². The number of hydrogen-bond acceptors (Lipinski definition) is 2. The minimum atomic E-state index is -4.72. The maximum absolute atomic E-state index is 13.4. The van der Waals surface area contributed by atoms with Gasteiger partial charge in [0, 0.05) is 20.5 Å². The first-order valence-corrected chi connectivity index (χ1v) is 8.62. The van der Waals surface area contributed by atoms with Gasteiger partial charge in [-0.2, -0.15) is 13.2 Å². The number of hydrogen-bond donors (Lipinski definition) is 0. The summed E-state index contributed by atoms with van der Waals surface area (Å²) in [5.74, 6) is -0.744. The third-order valence-corrected chi connectivity index (χ3v) is 4.31. The van der Waals surface area contributed by atoms with Gasteiger partial charge in [-0.05, 0) is 60.4 Å². The molecule has 0 aliphatic heterocycles. The molecule has 0 unspecified atom stereocenters. The van der Waals surface area contributed by atoms with Crippen LogP contribution in [0.2, 0.25) is 10.0 Å². The van der Waals surface area contributed by atoms with Crippen LogP contribution in [0, 0.1) is 0 Å². The quantitative estimate of drug-likeness (QED) is 0.334. The van der Waals surface area contributed by atoms with Crippen molar-refractivity contribution in [2.75, 3.05) is 6.26 Å². The highest BCUT2D eigenvalue weighted by molar-refractivity contribution is 7.98. The maximum Gasteiger partial charge on any atom is 0.417 e. The molecule has 1 nitrogen and oxygen atoms in total. The first-order chi connectivity index (χ1) is 11.2. The molecule has 0 spiro atoms. The molecule has 0 aliphatic rings. The van der Waals surface area contributed by atoms with Gasteiger partial charge in [-0.3, -0.25) is 4.79 Å². The molecule has 0 saturated carbocycles. The number of allylic oxidation sites excluding steroid dienone is 2. The lowest BCUT2D eigenvalue weighted by Crippen LogP contribution is -2.13. The summed E-state index contributed by atoms with van der Waals surface area (Å²) in [4.78, 5) is 13.1. The predicted octanol–water partition coefficient (Wildman–Crippen LogP) is 6.54. The van der Waals surface area contributed by atoms with Gasteiger partial charge in [-0.25, -0.2) is 0 Å². The molecule has 0 radical (unpaired) electrons. The van der Waals surface area contributed by atoms with Crippen LogP contribution in [0.5, 0.6) is 0 Å². The third-order valence-electron chi connectivity index (χ3n) is 3.13. The minimum absolute atomic E-state index is 0.0597. The van der Waals surface area contributed by atoms with Crippen LogP contribution in [-0.4, -0.2) is 18.2 Å². The molecule has 2 aromatic rings. The van der Waals surface area contributed by atoms with E-state index in [0.29, 0.717) is 6.08 Å². The highest BCUT2D eigenvalue weighted by Gasteiger charge is 2.35. The van der Waals surface area contributed by atoms with E-state index in [1.807, 2.05) is 6.26 Å². The largest absolute Gasteiger partial charge is 0.417 e. The van der Waals surface area contributed by atoms with E-state index in [2.05, 4.69) is 0 Å². The summed E-state index contributed by atoms with van der Waals surface area (Å²) >= 11 is 13.0. The minimum Gasteiger partial charge on any atom is -0.289 e. The number of carbonyl (C=O) groups excluding carboxylic acids is 1. The summed E-state index contributed by atoms with van der Waals surface area (Å²) in [6, 6.07) is 9.90. The van der Waals surface area contributed by atoms with Crippen LogP contribution in [0.25, 0.3) is 5.57 Å². The van der Waals surface area contributed by atoms with Crippen LogP contribution in [0.3, 0.4) is 0 Å². The zero-order valence-electron chi connectivity index (χ0n) is 12.3.